The molecule has 2 heterocycles. The average Bonchev–Trinajstić information content (AvgIpc) is 3.18. The molecule has 3 aliphatic rings. The van der Waals surface area contributed by atoms with E-state index < -0.39 is 0 Å². The Balaban J connectivity index is 1.47. The van der Waals surface area contributed by atoms with Gasteiger partial charge in [0.1, 0.15) is 6.54 Å². The van der Waals surface area contributed by atoms with Crippen LogP contribution in [0.2, 0.25) is 0 Å². The van der Waals surface area contributed by atoms with Crippen LogP contribution >= 0.6 is 0 Å². The Kier molecular flexibility index (Phi) is 2.85. The number of carbonyl (C=O) groups excluding carboxylic acids is 3. The zero-order valence-electron chi connectivity index (χ0n) is 11.8. The third-order valence-corrected chi connectivity index (χ3v) is 4.81. The third kappa shape index (κ3) is 1.87. The quantitative estimate of drug-likeness (QED) is 0.662. The van der Waals surface area contributed by atoms with Gasteiger partial charge in [-0.15, -0.1) is 0 Å². The number of fused-ring (bicyclic) bond motifs is 5. The second-order valence-corrected chi connectivity index (χ2v) is 6.05. The number of pyridine rings is 1. The number of aromatic nitrogens is 1. The molecule has 2 bridgehead atoms. The van der Waals surface area contributed by atoms with Crippen molar-refractivity contribution >= 4 is 23.4 Å². The predicted octanol–water partition coefficient (Wildman–Crippen LogP) is 0.827. The topological polar surface area (TPSA) is 79.4 Å². The van der Waals surface area contributed by atoms with E-state index in [2.05, 4.69) is 10.3 Å². The van der Waals surface area contributed by atoms with Crippen molar-refractivity contribution in [2.75, 3.05) is 11.9 Å². The van der Waals surface area contributed by atoms with Crippen molar-refractivity contribution in [1.29, 1.82) is 0 Å². The molecule has 1 saturated carbocycles. The first-order valence-corrected chi connectivity index (χ1v) is 7.38. The lowest BCUT2D eigenvalue weighted by atomic mass is 9.85. The fourth-order valence-corrected chi connectivity index (χ4v) is 3.90. The lowest BCUT2D eigenvalue weighted by Crippen LogP contribution is -2.39. The number of allylic oxidation sites excluding steroid dienone is 2. The number of hydrogen-bond donors (Lipinski definition) is 1. The standard InChI is InChI=1S/C16H15N3O3/c20-12(18-11-2-1-5-17-7-11)8-19-15(21)13-9-3-4-10(6-9)14(13)16(19)22/h1-5,7,9-10,13-14H,6,8H2,(H,18,20)/t9-,10+,13-,14+. The molecule has 1 aliphatic heterocycles. The van der Waals surface area contributed by atoms with Gasteiger partial charge >= 0.3 is 0 Å². The van der Waals surface area contributed by atoms with Crippen molar-refractivity contribution in [1.82, 2.24) is 9.88 Å². The summed E-state index contributed by atoms with van der Waals surface area (Å²) in [6.45, 7) is -0.223. The van der Waals surface area contributed by atoms with Crippen LogP contribution in [-0.2, 0) is 14.4 Å². The normalized spacial score (nSPS) is 31.7. The highest BCUT2D eigenvalue weighted by Gasteiger charge is 2.59. The molecule has 2 aliphatic carbocycles. The third-order valence-electron chi connectivity index (χ3n) is 4.81. The van der Waals surface area contributed by atoms with E-state index >= 15 is 0 Å². The van der Waals surface area contributed by atoms with Gasteiger partial charge < -0.3 is 5.32 Å². The Morgan fingerprint density at radius 2 is 1.91 bits per heavy atom. The summed E-state index contributed by atoms with van der Waals surface area (Å²) in [5.74, 6) is -0.964. The number of likely N-dealkylation sites (tertiary alicyclic amines) is 1. The van der Waals surface area contributed by atoms with E-state index in [-0.39, 0.29) is 47.9 Å². The van der Waals surface area contributed by atoms with Gasteiger partial charge in [0.05, 0.1) is 23.7 Å². The molecule has 6 heteroatoms. The Labute approximate surface area is 127 Å². The van der Waals surface area contributed by atoms with Gasteiger partial charge in [-0.05, 0) is 30.4 Å². The number of carbonyl (C=O) groups is 3. The van der Waals surface area contributed by atoms with Gasteiger partial charge in [-0.3, -0.25) is 24.3 Å². The molecule has 0 spiro atoms. The molecule has 6 nitrogen and oxygen atoms in total. The maximum absolute atomic E-state index is 12.5. The molecule has 1 saturated heterocycles. The van der Waals surface area contributed by atoms with E-state index in [0.717, 1.165) is 11.3 Å². The molecule has 1 N–H and O–H groups in total. The summed E-state index contributed by atoms with van der Waals surface area (Å²) in [7, 11) is 0. The highest BCUT2D eigenvalue weighted by molar-refractivity contribution is 6.09. The Morgan fingerprint density at radius 1 is 1.23 bits per heavy atom. The molecule has 22 heavy (non-hydrogen) atoms. The molecule has 4 atom stereocenters. The summed E-state index contributed by atoms with van der Waals surface area (Å²) < 4.78 is 0. The van der Waals surface area contributed by atoms with Gasteiger partial charge in [-0.1, -0.05) is 12.2 Å². The lowest BCUT2D eigenvalue weighted by molar-refractivity contribution is -0.143. The van der Waals surface area contributed by atoms with E-state index in [1.165, 1.54) is 6.20 Å². The zero-order chi connectivity index (χ0) is 15.3. The minimum absolute atomic E-state index is 0.165. The molecule has 4 rings (SSSR count). The van der Waals surface area contributed by atoms with Crippen molar-refractivity contribution in [3.63, 3.8) is 0 Å². The zero-order valence-corrected chi connectivity index (χ0v) is 11.8. The largest absolute Gasteiger partial charge is 0.323 e. The van der Waals surface area contributed by atoms with Crippen molar-refractivity contribution in [2.45, 2.75) is 6.42 Å². The number of amides is 3. The Bertz CT molecular complexity index is 655. The first-order chi connectivity index (χ1) is 10.6. The number of hydrogen-bond acceptors (Lipinski definition) is 4. The fraction of sp³-hybridized carbons (Fsp3) is 0.375. The minimum Gasteiger partial charge on any atom is -0.323 e. The van der Waals surface area contributed by atoms with Crippen molar-refractivity contribution in [3.8, 4) is 0 Å². The molecule has 112 valence electrons. The summed E-state index contributed by atoms with van der Waals surface area (Å²) in [5.41, 5.74) is 0.550. The van der Waals surface area contributed by atoms with Crippen LogP contribution < -0.4 is 5.32 Å². The predicted molar refractivity (Wildman–Crippen MR) is 77.3 cm³/mol. The van der Waals surface area contributed by atoms with Crippen molar-refractivity contribution < 1.29 is 14.4 Å². The van der Waals surface area contributed by atoms with Crippen LogP contribution in [0.5, 0.6) is 0 Å². The molecule has 3 amide bonds. The van der Waals surface area contributed by atoms with Crippen LogP contribution in [0.1, 0.15) is 6.42 Å². The van der Waals surface area contributed by atoms with E-state index in [9.17, 15) is 14.4 Å². The average molecular weight is 297 g/mol. The van der Waals surface area contributed by atoms with Crippen LogP contribution in [0.15, 0.2) is 36.7 Å². The van der Waals surface area contributed by atoms with Crippen molar-refractivity contribution in [3.05, 3.63) is 36.7 Å². The van der Waals surface area contributed by atoms with Gasteiger partial charge in [-0.2, -0.15) is 0 Å². The molecule has 0 radical (unpaired) electrons. The summed E-state index contributed by atoms with van der Waals surface area (Å²) in [5, 5.41) is 2.65. The summed E-state index contributed by atoms with van der Waals surface area (Å²) >= 11 is 0. The highest BCUT2D eigenvalue weighted by atomic mass is 16.2. The van der Waals surface area contributed by atoms with Gasteiger partial charge in [-0.25, -0.2) is 0 Å². The van der Waals surface area contributed by atoms with Crippen LogP contribution in [0.25, 0.3) is 0 Å². The number of nitrogens with zero attached hydrogens (tertiary/aromatic N) is 2. The maximum atomic E-state index is 12.5. The molecule has 1 aromatic rings. The smallest absolute Gasteiger partial charge is 0.244 e. The van der Waals surface area contributed by atoms with Crippen LogP contribution in [0.3, 0.4) is 0 Å². The minimum atomic E-state index is -0.380. The Morgan fingerprint density at radius 3 is 2.50 bits per heavy atom. The van der Waals surface area contributed by atoms with Crippen LogP contribution in [-0.4, -0.2) is 34.2 Å². The van der Waals surface area contributed by atoms with E-state index in [1.54, 1.807) is 18.3 Å². The molecule has 0 unspecified atom stereocenters. The summed E-state index contributed by atoms with van der Waals surface area (Å²) in [6.07, 6.45) is 8.09. The van der Waals surface area contributed by atoms with Crippen LogP contribution in [0, 0.1) is 23.7 Å². The van der Waals surface area contributed by atoms with E-state index in [1.807, 2.05) is 12.2 Å². The van der Waals surface area contributed by atoms with Gasteiger partial charge in [0.25, 0.3) is 0 Å². The maximum Gasteiger partial charge on any atom is 0.244 e. The number of rotatable bonds is 3. The molecular formula is C16H15N3O3. The molecule has 2 fully saturated rings. The first-order valence-electron chi connectivity index (χ1n) is 7.38. The van der Waals surface area contributed by atoms with Crippen molar-refractivity contribution in [2.24, 2.45) is 23.7 Å². The lowest BCUT2D eigenvalue weighted by Gasteiger charge is -2.16. The molecule has 1 aromatic heterocycles. The van der Waals surface area contributed by atoms with E-state index in [0.29, 0.717) is 5.69 Å². The first kappa shape index (κ1) is 13.2. The second kappa shape index (κ2) is 4.76. The van der Waals surface area contributed by atoms with Gasteiger partial charge in [0, 0.05) is 6.20 Å². The second-order valence-electron chi connectivity index (χ2n) is 6.05. The highest BCUT2D eigenvalue weighted by Crippen LogP contribution is 2.52. The van der Waals surface area contributed by atoms with E-state index in [4.69, 9.17) is 0 Å². The Hall–Kier alpha value is -2.50. The number of nitrogens with one attached hydrogen (secondary N) is 1. The summed E-state index contributed by atoms with van der Waals surface area (Å²) in [6, 6.07) is 3.41. The number of imide groups is 1. The molecule has 0 aromatic carbocycles. The monoisotopic (exact) mass is 297 g/mol. The van der Waals surface area contributed by atoms with Gasteiger partial charge in [0.2, 0.25) is 17.7 Å². The SMILES string of the molecule is O=C(CN1C(=O)[C@@H]2[C@H](C1=O)[C@@H]1C=C[C@H]2C1)Nc1cccnc1. The number of anilines is 1. The fourth-order valence-electron chi connectivity index (χ4n) is 3.90. The van der Waals surface area contributed by atoms with Crippen LogP contribution in [0.4, 0.5) is 5.69 Å². The molecular weight excluding hydrogens is 282 g/mol. The van der Waals surface area contributed by atoms with Gasteiger partial charge in [0.15, 0.2) is 0 Å². The summed E-state index contributed by atoms with van der Waals surface area (Å²) in [4.78, 5) is 42.0.